The fourth-order valence-electron chi connectivity index (χ4n) is 2.74. The van der Waals surface area contributed by atoms with E-state index >= 15 is 0 Å². The SMILES string of the molecule is Cc1ccccc1CN1Cc2ccc(C(=O)O)cc2C1. The van der Waals surface area contributed by atoms with Gasteiger partial charge in [0.15, 0.2) is 0 Å². The van der Waals surface area contributed by atoms with Crippen LogP contribution in [0, 0.1) is 6.92 Å². The number of rotatable bonds is 3. The average molecular weight is 267 g/mol. The summed E-state index contributed by atoms with van der Waals surface area (Å²) in [4.78, 5) is 13.4. The van der Waals surface area contributed by atoms with Crippen molar-refractivity contribution in [2.24, 2.45) is 0 Å². The molecule has 0 bridgehead atoms. The van der Waals surface area contributed by atoms with Crippen molar-refractivity contribution in [3.63, 3.8) is 0 Å². The molecule has 0 unspecified atom stereocenters. The van der Waals surface area contributed by atoms with Crippen LogP contribution in [-0.2, 0) is 19.6 Å². The molecule has 1 aliphatic rings. The lowest BCUT2D eigenvalue weighted by atomic mass is 10.1. The van der Waals surface area contributed by atoms with Gasteiger partial charge < -0.3 is 5.11 Å². The number of hydrogen-bond donors (Lipinski definition) is 1. The molecule has 2 aromatic carbocycles. The molecule has 20 heavy (non-hydrogen) atoms. The van der Waals surface area contributed by atoms with Gasteiger partial charge in [-0.15, -0.1) is 0 Å². The summed E-state index contributed by atoms with van der Waals surface area (Å²) in [7, 11) is 0. The Morgan fingerprint density at radius 3 is 2.65 bits per heavy atom. The highest BCUT2D eigenvalue weighted by Crippen LogP contribution is 2.26. The molecule has 0 saturated heterocycles. The Balaban J connectivity index is 1.77. The van der Waals surface area contributed by atoms with Gasteiger partial charge in [0.1, 0.15) is 0 Å². The van der Waals surface area contributed by atoms with Crippen LogP contribution in [0.4, 0.5) is 0 Å². The van der Waals surface area contributed by atoms with E-state index in [9.17, 15) is 4.79 Å². The minimum absolute atomic E-state index is 0.376. The first-order valence-electron chi connectivity index (χ1n) is 6.75. The lowest BCUT2D eigenvalue weighted by Gasteiger charge is -2.16. The van der Waals surface area contributed by atoms with Gasteiger partial charge in [-0.05, 0) is 41.3 Å². The number of hydrogen-bond acceptors (Lipinski definition) is 2. The van der Waals surface area contributed by atoms with Crippen LogP contribution in [-0.4, -0.2) is 16.0 Å². The molecule has 0 atom stereocenters. The Morgan fingerprint density at radius 1 is 1.15 bits per heavy atom. The topological polar surface area (TPSA) is 40.5 Å². The fourth-order valence-corrected chi connectivity index (χ4v) is 2.74. The van der Waals surface area contributed by atoms with E-state index < -0.39 is 5.97 Å². The third-order valence-electron chi connectivity index (χ3n) is 3.90. The van der Waals surface area contributed by atoms with Crippen LogP contribution in [0.15, 0.2) is 42.5 Å². The second-order valence-corrected chi connectivity index (χ2v) is 5.36. The smallest absolute Gasteiger partial charge is 0.335 e. The van der Waals surface area contributed by atoms with Crippen molar-refractivity contribution in [2.45, 2.75) is 26.6 Å². The van der Waals surface area contributed by atoms with Gasteiger partial charge >= 0.3 is 5.97 Å². The second-order valence-electron chi connectivity index (χ2n) is 5.36. The predicted octanol–water partition coefficient (Wildman–Crippen LogP) is 3.21. The number of aromatic carboxylic acids is 1. The molecule has 1 N–H and O–H groups in total. The molecule has 2 aromatic rings. The Kier molecular flexibility index (Phi) is 3.28. The summed E-state index contributed by atoms with van der Waals surface area (Å²) in [6.45, 7) is 4.75. The molecule has 0 spiro atoms. The summed E-state index contributed by atoms with van der Waals surface area (Å²) in [5.41, 5.74) is 5.39. The molecule has 3 nitrogen and oxygen atoms in total. The van der Waals surface area contributed by atoms with Crippen LogP contribution >= 0.6 is 0 Å². The normalized spacial score (nSPS) is 14.2. The number of fused-ring (bicyclic) bond motifs is 1. The first-order chi connectivity index (χ1) is 9.63. The highest BCUT2D eigenvalue weighted by Gasteiger charge is 2.20. The van der Waals surface area contributed by atoms with Gasteiger partial charge in [0.2, 0.25) is 0 Å². The van der Waals surface area contributed by atoms with Gasteiger partial charge in [-0.3, -0.25) is 4.90 Å². The molecule has 1 aliphatic heterocycles. The Hall–Kier alpha value is -2.13. The number of benzene rings is 2. The predicted molar refractivity (Wildman–Crippen MR) is 77.5 cm³/mol. The van der Waals surface area contributed by atoms with E-state index in [1.54, 1.807) is 12.1 Å². The van der Waals surface area contributed by atoms with Crippen molar-refractivity contribution < 1.29 is 9.90 Å². The maximum Gasteiger partial charge on any atom is 0.335 e. The largest absolute Gasteiger partial charge is 0.478 e. The summed E-state index contributed by atoms with van der Waals surface area (Å²) in [5.74, 6) is -0.856. The monoisotopic (exact) mass is 267 g/mol. The summed E-state index contributed by atoms with van der Waals surface area (Å²) < 4.78 is 0. The van der Waals surface area contributed by atoms with Crippen molar-refractivity contribution in [1.82, 2.24) is 4.90 Å². The van der Waals surface area contributed by atoms with E-state index in [-0.39, 0.29) is 0 Å². The number of carboxylic acids is 1. The van der Waals surface area contributed by atoms with Gasteiger partial charge in [-0.25, -0.2) is 4.79 Å². The summed E-state index contributed by atoms with van der Waals surface area (Å²) in [6.07, 6.45) is 0. The van der Waals surface area contributed by atoms with Gasteiger partial charge in [-0.1, -0.05) is 30.3 Å². The third-order valence-corrected chi connectivity index (χ3v) is 3.90. The minimum atomic E-state index is -0.856. The van der Waals surface area contributed by atoms with E-state index in [0.717, 1.165) is 25.2 Å². The van der Waals surface area contributed by atoms with E-state index in [2.05, 4.69) is 36.1 Å². The molecule has 0 saturated carbocycles. The fraction of sp³-hybridized carbons (Fsp3) is 0.235. The molecule has 3 heteroatoms. The molecule has 0 aromatic heterocycles. The van der Waals surface area contributed by atoms with Crippen molar-refractivity contribution in [3.8, 4) is 0 Å². The highest BCUT2D eigenvalue weighted by atomic mass is 16.4. The van der Waals surface area contributed by atoms with E-state index in [1.807, 2.05) is 6.07 Å². The van der Waals surface area contributed by atoms with E-state index in [0.29, 0.717) is 5.56 Å². The highest BCUT2D eigenvalue weighted by molar-refractivity contribution is 5.87. The van der Waals surface area contributed by atoms with Crippen LogP contribution in [0.5, 0.6) is 0 Å². The number of carboxylic acid groups (broad SMARTS) is 1. The zero-order valence-electron chi connectivity index (χ0n) is 11.5. The van der Waals surface area contributed by atoms with Gasteiger partial charge in [0.25, 0.3) is 0 Å². The van der Waals surface area contributed by atoms with Gasteiger partial charge in [-0.2, -0.15) is 0 Å². The zero-order valence-corrected chi connectivity index (χ0v) is 11.5. The van der Waals surface area contributed by atoms with Crippen LogP contribution in [0.25, 0.3) is 0 Å². The Bertz CT molecular complexity index is 664. The lowest BCUT2D eigenvalue weighted by molar-refractivity contribution is 0.0696. The molecule has 3 rings (SSSR count). The van der Waals surface area contributed by atoms with Gasteiger partial charge in [0.05, 0.1) is 5.56 Å². The standard InChI is InChI=1S/C17H17NO2/c1-12-4-2-3-5-14(12)9-18-10-15-7-6-13(17(19)20)8-16(15)11-18/h2-8H,9-11H2,1H3,(H,19,20). The van der Waals surface area contributed by atoms with Crippen molar-refractivity contribution in [2.75, 3.05) is 0 Å². The summed E-state index contributed by atoms with van der Waals surface area (Å²) in [5, 5.41) is 9.04. The van der Waals surface area contributed by atoms with Crippen molar-refractivity contribution in [3.05, 3.63) is 70.3 Å². The molecule has 102 valence electrons. The maximum atomic E-state index is 11.0. The third kappa shape index (κ3) is 2.45. The van der Waals surface area contributed by atoms with Crippen LogP contribution < -0.4 is 0 Å². The van der Waals surface area contributed by atoms with E-state index in [1.165, 1.54) is 16.7 Å². The first kappa shape index (κ1) is 12.9. The molecular formula is C17H17NO2. The molecule has 0 aliphatic carbocycles. The van der Waals surface area contributed by atoms with Gasteiger partial charge in [0, 0.05) is 19.6 Å². The molecular weight excluding hydrogens is 250 g/mol. The summed E-state index contributed by atoms with van der Waals surface area (Å²) >= 11 is 0. The number of carbonyl (C=O) groups is 1. The Morgan fingerprint density at radius 2 is 1.90 bits per heavy atom. The molecule has 0 amide bonds. The van der Waals surface area contributed by atoms with Crippen LogP contribution in [0.3, 0.4) is 0 Å². The first-order valence-corrected chi connectivity index (χ1v) is 6.75. The molecule has 0 radical (unpaired) electrons. The van der Waals surface area contributed by atoms with Crippen molar-refractivity contribution in [1.29, 1.82) is 0 Å². The van der Waals surface area contributed by atoms with Crippen molar-refractivity contribution >= 4 is 5.97 Å². The molecule has 0 fully saturated rings. The second kappa shape index (κ2) is 5.10. The average Bonchev–Trinajstić information content (AvgIpc) is 2.82. The van der Waals surface area contributed by atoms with Crippen LogP contribution in [0.2, 0.25) is 0 Å². The maximum absolute atomic E-state index is 11.0. The quantitative estimate of drug-likeness (QED) is 0.928. The summed E-state index contributed by atoms with van der Waals surface area (Å²) in [6, 6.07) is 13.8. The van der Waals surface area contributed by atoms with Crippen LogP contribution in [0.1, 0.15) is 32.6 Å². The zero-order chi connectivity index (χ0) is 14.1. The number of aryl methyl sites for hydroxylation is 1. The Labute approximate surface area is 118 Å². The van der Waals surface area contributed by atoms with E-state index in [4.69, 9.17) is 5.11 Å². The number of nitrogens with zero attached hydrogens (tertiary/aromatic N) is 1. The minimum Gasteiger partial charge on any atom is -0.478 e. The lowest BCUT2D eigenvalue weighted by Crippen LogP contribution is -2.16. The molecule has 1 heterocycles.